The number of aromatic hydroxyl groups is 1. The van der Waals surface area contributed by atoms with E-state index in [1.165, 1.54) is 5.57 Å². The Balaban J connectivity index is 2.00. The molecular formula is C17H17NO2. The van der Waals surface area contributed by atoms with E-state index in [2.05, 4.69) is 6.08 Å². The van der Waals surface area contributed by atoms with Crippen LogP contribution in [-0.4, -0.2) is 29.0 Å². The van der Waals surface area contributed by atoms with Crippen LogP contribution in [0.4, 0.5) is 0 Å². The zero-order valence-electron chi connectivity index (χ0n) is 11.5. The zero-order chi connectivity index (χ0) is 14.1. The molecule has 0 unspecified atom stereocenters. The molecule has 3 rings (SSSR count). The summed E-state index contributed by atoms with van der Waals surface area (Å²) in [6.45, 7) is 3.38. The lowest BCUT2D eigenvalue weighted by Gasteiger charge is -2.26. The van der Waals surface area contributed by atoms with Gasteiger partial charge in [0.05, 0.1) is 5.56 Å². The van der Waals surface area contributed by atoms with Gasteiger partial charge in [0.2, 0.25) is 0 Å². The van der Waals surface area contributed by atoms with Gasteiger partial charge in [-0.1, -0.05) is 42.0 Å². The molecule has 0 bridgehead atoms. The van der Waals surface area contributed by atoms with Crippen molar-refractivity contribution in [3.63, 3.8) is 0 Å². The maximum absolute atomic E-state index is 12.5. The average molecular weight is 267 g/mol. The van der Waals surface area contributed by atoms with Gasteiger partial charge in [0.25, 0.3) is 5.91 Å². The quantitative estimate of drug-likeness (QED) is 0.805. The molecule has 1 N–H and O–H groups in total. The predicted molar refractivity (Wildman–Crippen MR) is 79.9 cm³/mol. The second-order valence-electron chi connectivity index (χ2n) is 5.25. The maximum atomic E-state index is 12.5. The Labute approximate surface area is 118 Å². The summed E-state index contributed by atoms with van der Waals surface area (Å²) in [6, 6.07) is 11.1. The highest BCUT2D eigenvalue weighted by molar-refractivity contribution is 6.03. The van der Waals surface area contributed by atoms with Crippen LogP contribution in [0.15, 0.2) is 48.0 Å². The predicted octanol–water partition coefficient (Wildman–Crippen LogP) is 3.34. The summed E-state index contributed by atoms with van der Waals surface area (Å²) >= 11 is 0. The van der Waals surface area contributed by atoms with Gasteiger partial charge in [0, 0.05) is 18.5 Å². The van der Waals surface area contributed by atoms with Crippen LogP contribution < -0.4 is 0 Å². The number of phenolic OH excluding ortho intramolecular Hbond substituents is 1. The van der Waals surface area contributed by atoms with Crippen LogP contribution in [0.1, 0.15) is 23.7 Å². The van der Waals surface area contributed by atoms with E-state index in [0.717, 1.165) is 17.2 Å². The van der Waals surface area contributed by atoms with E-state index >= 15 is 0 Å². The SMILES string of the molecule is CC1=CCCN(C(=O)c2ccc3ccccc3c2O)C1. The molecule has 0 radical (unpaired) electrons. The van der Waals surface area contributed by atoms with Gasteiger partial charge in [0.1, 0.15) is 5.75 Å². The van der Waals surface area contributed by atoms with Crippen LogP contribution in [0.5, 0.6) is 5.75 Å². The summed E-state index contributed by atoms with van der Waals surface area (Å²) in [6.07, 6.45) is 3.04. The lowest BCUT2D eigenvalue weighted by atomic mass is 10.0. The van der Waals surface area contributed by atoms with E-state index < -0.39 is 0 Å². The summed E-state index contributed by atoms with van der Waals surface area (Å²) < 4.78 is 0. The van der Waals surface area contributed by atoms with E-state index in [0.29, 0.717) is 18.7 Å². The number of phenols is 1. The number of hydrogen-bond acceptors (Lipinski definition) is 2. The number of amides is 1. The van der Waals surface area contributed by atoms with Gasteiger partial charge in [0.15, 0.2) is 0 Å². The van der Waals surface area contributed by atoms with Crippen LogP contribution in [-0.2, 0) is 0 Å². The molecule has 1 amide bonds. The van der Waals surface area contributed by atoms with Crippen molar-refractivity contribution in [2.75, 3.05) is 13.1 Å². The van der Waals surface area contributed by atoms with E-state index in [4.69, 9.17) is 0 Å². The molecule has 1 aliphatic rings. The fourth-order valence-electron chi connectivity index (χ4n) is 2.68. The minimum Gasteiger partial charge on any atom is -0.506 e. The minimum atomic E-state index is -0.0966. The molecular weight excluding hydrogens is 250 g/mol. The standard InChI is InChI=1S/C17H17NO2/c1-12-5-4-10-18(11-12)17(20)15-9-8-13-6-2-3-7-14(13)16(15)19/h2-3,5-9,19H,4,10-11H2,1H3. The number of carbonyl (C=O) groups excluding carboxylic acids is 1. The third-order valence-corrected chi connectivity index (χ3v) is 3.75. The molecule has 2 aromatic rings. The molecule has 0 aromatic heterocycles. The fraction of sp³-hybridized carbons (Fsp3) is 0.235. The number of rotatable bonds is 1. The van der Waals surface area contributed by atoms with E-state index in [1.54, 1.807) is 11.0 Å². The Kier molecular flexibility index (Phi) is 3.18. The number of benzene rings is 2. The van der Waals surface area contributed by atoms with Crippen molar-refractivity contribution < 1.29 is 9.90 Å². The van der Waals surface area contributed by atoms with Crippen molar-refractivity contribution in [2.45, 2.75) is 13.3 Å². The Morgan fingerprint density at radius 2 is 2.00 bits per heavy atom. The van der Waals surface area contributed by atoms with Crippen molar-refractivity contribution in [1.29, 1.82) is 0 Å². The van der Waals surface area contributed by atoms with Crippen LogP contribution in [0.25, 0.3) is 10.8 Å². The molecule has 102 valence electrons. The second kappa shape index (κ2) is 5.00. The molecule has 20 heavy (non-hydrogen) atoms. The van der Waals surface area contributed by atoms with Crippen LogP contribution in [0, 0.1) is 0 Å². The van der Waals surface area contributed by atoms with Gasteiger partial charge in [-0.15, -0.1) is 0 Å². The Morgan fingerprint density at radius 3 is 2.80 bits per heavy atom. The van der Waals surface area contributed by atoms with Crippen molar-refractivity contribution in [1.82, 2.24) is 4.90 Å². The molecule has 0 atom stereocenters. The minimum absolute atomic E-state index is 0.0836. The van der Waals surface area contributed by atoms with Gasteiger partial charge < -0.3 is 10.0 Å². The molecule has 3 heteroatoms. The summed E-state index contributed by atoms with van der Waals surface area (Å²) in [7, 11) is 0. The van der Waals surface area contributed by atoms with Gasteiger partial charge in [-0.2, -0.15) is 0 Å². The first-order chi connectivity index (χ1) is 9.66. The highest BCUT2D eigenvalue weighted by Crippen LogP contribution is 2.29. The number of fused-ring (bicyclic) bond motifs is 1. The zero-order valence-corrected chi connectivity index (χ0v) is 11.5. The largest absolute Gasteiger partial charge is 0.506 e. The van der Waals surface area contributed by atoms with Crippen LogP contribution >= 0.6 is 0 Å². The van der Waals surface area contributed by atoms with Gasteiger partial charge in [-0.3, -0.25) is 4.79 Å². The summed E-state index contributed by atoms with van der Waals surface area (Å²) in [4.78, 5) is 14.3. The van der Waals surface area contributed by atoms with Crippen molar-refractivity contribution in [3.8, 4) is 5.75 Å². The first-order valence-electron chi connectivity index (χ1n) is 6.82. The Bertz CT molecular complexity index is 703. The Morgan fingerprint density at radius 1 is 1.20 bits per heavy atom. The van der Waals surface area contributed by atoms with Gasteiger partial charge >= 0.3 is 0 Å². The van der Waals surface area contributed by atoms with Gasteiger partial charge in [-0.25, -0.2) is 0 Å². The number of hydrogen-bond donors (Lipinski definition) is 1. The van der Waals surface area contributed by atoms with E-state index in [9.17, 15) is 9.90 Å². The third kappa shape index (κ3) is 2.16. The summed E-state index contributed by atoms with van der Waals surface area (Å²) in [5.74, 6) is -0.0130. The average Bonchev–Trinajstić information content (AvgIpc) is 2.47. The fourth-order valence-corrected chi connectivity index (χ4v) is 2.68. The lowest BCUT2D eigenvalue weighted by Crippen LogP contribution is -2.35. The van der Waals surface area contributed by atoms with Crippen molar-refractivity contribution in [2.24, 2.45) is 0 Å². The number of nitrogens with zero attached hydrogens (tertiary/aromatic N) is 1. The molecule has 0 saturated heterocycles. The molecule has 2 aromatic carbocycles. The maximum Gasteiger partial charge on any atom is 0.257 e. The first-order valence-corrected chi connectivity index (χ1v) is 6.82. The smallest absolute Gasteiger partial charge is 0.257 e. The van der Waals surface area contributed by atoms with Gasteiger partial charge in [-0.05, 0) is 24.8 Å². The topological polar surface area (TPSA) is 40.5 Å². The van der Waals surface area contributed by atoms with E-state index in [1.807, 2.05) is 37.3 Å². The molecule has 0 saturated carbocycles. The molecule has 0 fully saturated rings. The molecule has 1 aliphatic heterocycles. The second-order valence-corrected chi connectivity index (χ2v) is 5.25. The van der Waals surface area contributed by atoms with Crippen molar-refractivity contribution in [3.05, 3.63) is 53.6 Å². The molecule has 1 heterocycles. The summed E-state index contributed by atoms with van der Waals surface area (Å²) in [5, 5.41) is 12.0. The van der Waals surface area contributed by atoms with Crippen LogP contribution in [0.3, 0.4) is 0 Å². The molecule has 0 aliphatic carbocycles. The highest BCUT2D eigenvalue weighted by Gasteiger charge is 2.21. The Hall–Kier alpha value is -2.29. The molecule has 3 nitrogen and oxygen atoms in total. The number of carbonyl (C=O) groups is 1. The monoisotopic (exact) mass is 267 g/mol. The first kappa shape index (κ1) is 12.7. The van der Waals surface area contributed by atoms with Crippen LogP contribution in [0.2, 0.25) is 0 Å². The third-order valence-electron chi connectivity index (χ3n) is 3.75. The van der Waals surface area contributed by atoms with E-state index in [-0.39, 0.29) is 11.7 Å². The lowest BCUT2D eigenvalue weighted by molar-refractivity contribution is 0.0763. The highest BCUT2D eigenvalue weighted by atomic mass is 16.3. The van der Waals surface area contributed by atoms with Crippen molar-refractivity contribution >= 4 is 16.7 Å². The normalized spacial score (nSPS) is 15.2. The molecule has 0 spiro atoms. The summed E-state index contributed by atoms with van der Waals surface area (Å²) in [5.41, 5.74) is 1.59.